The number of nitrogens with one attached hydrogen (secondary N) is 1. The van der Waals surface area contributed by atoms with Gasteiger partial charge in [-0.1, -0.05) is 53.7 Å². The molecular weight excluding hydrogens is 314 g/mol. The van der Waals surface area contributed by atoms with Crippen molar-refractivity contribution in [3.05, 3.63) is 78.2 Å². The van der Waals surface area contributed by atoms with Crippen molar-refractivity contribution >= 4 is 22.5 Å². The summed E-state index contributed by atoms with van der Waals surface area (Å²) in [5.41, 5.74) is 3.19. The Morgan fingerprint density at radius 1 is 1.00 bits per heavy atom. The molecule has 5 heteroatoms. The smallest absolute Gasteiger partial charge is 0.261 e. The minimum atomic E-state index is -0.268. The van der Waals surface area contributed by atoms with Gasteiger partial charge in [-0.3, -0.25) is 9.78 Å². The summed E-state index contributed by atoms with van der Waals surface area (Å²) >= 11 is 0. The van der Waals surface area contributed by atoms with Gasteiger partial charge in [0, 0.05) is 17.1 Å². The fourth-order valence-corrected chi connectivity index (χ4v) is 2.82. The minimum absolute atomic E-state index is 0.268. The van der Waals surface area contributed by atoms with Gasteiger partial charge in [0.2, 0.25) is 0 Å². The highest BCUT2D eigenvalue weighted by molar-refractivity contribution is 6.11. The van der Waals surface area contributed by atoms with E-state index < -0.39 is 0 Å². The minimum Gasteiger partial charge on any atom is -0.360 e. The molecule has 0 spiro atoms. The number of hydrogen-bond donors (Lipinski definition) is 1. The van der Waals surface area contributed by atoms with E-state index >= 15 is 0 Å². The van der Waals surface area contributed by atoms with Crippen LogP contribution in [0.25, 0.3) is 22.2 Å². The van der Waals surface area contributed by atoms with Gasteiger partial charge >= 0.3 is 0 Å². The van der Waals surface area contributed by atoms with Crippen LogP contribution in [0.4, 0.5) is 5.69 Å². The lowest BCUT2D eigenvalue weighted by Gasteiger charge is -2.08. The fraction of sp³-hybridized carbons (Fsp3) is 0.0500. The van der Waals surface area contributed by atoms with Crippen molar-refractivity contribution in [1.29, 1.82) is 0 Å². The quantitative estimate of drug-likeness (QED) is 0.603. The molecule has 4 rings (SSSR count). The van der Waals surface area contributed by atoms with E-state index in [-0.39, 0.29) is 5.91 Å². The molecule has 5 nitrogen and oxygen atoms in total. The van der Waals surface area contributed by atoms with Gasteiger partial charge in [0.15, 0.2) is 0 Å². The van der Waals surface area contributed by atoms with Gasteiger partial charge in [-0.15, -0.1) is 0 Å². The Morgan fingerprint density at radius 2 is 1.80 bits per heavy atom. The summed E-state index contributed by atoms with van der Waals surface area (Å²) in [4.78, 5) is 17.3. The van der Waals surface area contributed by atoms with Crippen LogP contribution in [0.3, 0.4) is 0 Å². The highest BCUT2D eigenvalue weighted by atomic mass is 16.5. The Morgan fingerprint density at radius 3 is 2.64 bits per heavy atom. The molecule has 0 unspecified atom stereocenters. The van der Waals surface area contributed by atoms with Crippen molar-refractivity contribution in [2.24, 2.45) is 0 Å². The largest absolute Gasteiger partial charge is 0.360 e. The highest BCUT2D eigenvalue weighted by Gasteiger charge is 2.22. The summed E-state index contributed by atoms with van der Waals surface area (Å²) in [5.74, 6) is 0.209. The number of nitrogens with zero attached hydrogens (tertiary/aromatic N) is 2. The number of aryl methyl sites for hydroxylation is 1. The van der Waals surface area contributed by atoms with Gasteiger partial charge in [-0.2, -0.15) is 0 Å². The predicted molar refractivity (Wildman–Crippen MR) is 96.4 cm³/mol. The van der Waals surface area contributed by atoms with Crippen LogP contribution in [0.2, 0.25) is 0 Å². The number of carbonyl (C=O) groups excluding carboxylic acids is 1. The molecule has 2 aromatic heterocycles. The summed E-state index contributed by atoms with van der Waals surface area (Å²) in [6.45, 7) is 1.73. The van der Waals surface area contributed by atoms with Crippen molar-refractivity contribution in [3.63, 3.8) is 0 Å². The molecular formula is C20H15N3O2. The van der Waals surface area contributed by atoms with E-state index in [0.717, 1.165) is 16.5 Å². The molecule has 1 amide bonds. The summed E-state index contributed by atoms with van der Waals surface area (Å²) in [6, 6.07) is 19.0. The lowest BCUT2D eigenvalue weighted by Crippen LogP contribution is -2.14. The standard InChI is InChI=1S/C20H15N3O2/c1-13-17(19(23-25-13)15-7-3-2-4-8-15)20(24)22-16-11-5-9-14-10-6-12-21-18(14)16/h2-12H,1H3,(H,22,24). The Kier molecular flexibility index (Phi) is 3.74. The van der Waals surface area contributed by atoms with Crippen molar-refractivity contribution < 1.29 is 9.32 Å². The third-order valence-electron chi connectivity index (χ3n) is 4.02. The predicted octanol–water partition coefficient (Wildman–Crippen LogP) is 4.45. The van der Waals surface area contributed by atoms with Crippen LogP contribution in [-0.2, 0) is 0 Å². The number of anilines is 1. The zero-order chi connectivity index (χ0) is 17.2. The lowest BCUT2D eigenvalue weighted by atomic mass is 10.1. The maximum absolute atomic E-state index is 12.9. The molecule has 0 aliphatic rings. The molecule has 0 saturated heterocycles. The molecule has 0 aliphatic heterocycles. The monoisotopic (exact) mass is 329 g/mol. The molecule has 0 bridgehead atoms. The van der Waals surface area contributed by atoms with Gasteiger partial charge in [0.05, 0.1) is 11.2 Å². The highest BCUT2D eigenvalue weighted by Crippen LogP contribution is 2.27. The third-order valence-corrected chi connectivity index (χ3v) is 4.02. The number of amides is 1. The average Bonchev–Trinajstić information content (AvgIpc) is 3.04. The van der Waals surface area contributed by atoms with E-state index in [2.05, 4.69) is 15.5 Å². The van der Waals surface area contributed by atoms with Gasteiger partial charge < -0.3 is 9.84 Å². The maximum Gasteiger partial charge on any atom is 0.261 e. The summed E-state index contributed by atoms with van der Waals surface area (Å²) in [6.07, 6.45) is 1.71. The second-order valence-electron chi connectivity index (χ2n) is 5.66. The summed E-state index contributed by atoms with van der Waals surface area (Å²) in [7, 11) is 0. The van der Waals surface area contributed by atoms with E-state index in [1.165, 1.54) is 0 Å². The Hall–Kier alpha value is -3.47. The molecule has 4 aromatic rings. The molecule has 0 fully saturated rings. The molecule has 122 valence electrons. The zero-order valence-corrected chi connectivity index (χ0v) is 13.6. The van der Waals surface area contributed by atoms with E-state index in [1.54, 1.807) is 13.1 Å². The lowest BCUT2D eigenvalue weighted by molar-refractivity contribution is 0.102. The first-order chi connectivity index (χ1) is 12.2. The Bertz CT molecular complexity index is 1050. The number of hydrogen-bond acceptors (Lipinski definition) is 4. The van der Waals surface area contributed by atoms with Crippen molar-refractivity contribution in [2.75, 3.05) is 5.32 Å². The second-order valence-corrected chi connectivity index (χ2v) is 5.66. The summed E-state index contributed by atoms with van der Waals surface area (Å²) < 4.78 is 5.27. The molecule has 0 radical (unpaired) electrons. The number of benzene rings is 2. The number of carbonyl (C=O) groups is 1. The Balaban J connectivity index is 1.74. The number of aromatic nitrogens is 2. The van der Waals surface area contributed by atoms with Crippen molar-refractivity contribution in [1.82, 2.24) is 10.1 Å². The zero-order valence-electron chi connectivity index (χ0n) is 13.6. The van der Waals surface area contributed by atoms with Gasteiger partial charge in [-0.05, 0) is 19.1 Å². The maximum atomic E-state index is 12.9. The van der Waals surface area contributed by atoms with Crippen LogP contribution in [-0.4, -0.2) is 16.0 Å². The molecule has 0 saturated carbocycles. The third kappa shape index (κ3) is 2.76. The molecule has 2 heterocycles. The van der Waals surface area contributed by atoms with E-state index in [1.807, 2.05) is 60.7 Å². The SMILES string of the molecule is Cc1onc(-c2ccccc2)c1C(=O)Nc1cccc2cccnc12. The first kappa shape index (κ1) is 15.1. The number of rotatable bonds is 3. The van der Waals surface area contributed by atoms with Crippen molar-refractivity contribution in [3.8, 4) is 11.3 Å². The summed E-state index contributed by atoms with van der Waals surface area (Å²) in [5, 5.41) is 7.96. The van der Waals surface area contributed by atoms with Crippen molar-refractivity contribution in [2.45, 2.75) is 6.92 Å². The average molecular weight is 329 g/mol. The van der Waals surface area contributed by atoms with Crippen LogP contribution >= 0.6 is 0 Å². The first-order valence-electron chi connectivity index (χ1n) is 7.91. The van der Waals surface area contributed by atoms with Crippen LogP contribution in [0, 0.1) is 6.92 Å². The number of fused-ring (bicyclic) bond motifs is 1. The van der Waals surface area contributed by atoms with Crippen LogP contribution < -0.4 is 5.32 Å². The van der Waals surface area contributed by atoms with Crippen LogP contribution in [0.15, 0.2) is 71.4 Å². The van der Waals surface area contributed by atoms with Crippen LogP contribution in [0.5, 0.6) is 0 Å². The van der Waals surface area contributed by atoms with E-state index in [0.29, 0.717) is 22.7 Å². The van der Waals surface area contributed by atoms with Crippen LogP contribution in [0.1, 0.15) is 16.1 Å². The van der Waals surface area contributed by atoms with Gasteiger partial charge in [0.1, 0.15) is 17.0 Å². The molecule has 2 aromatic carbocycles. The topological polar surface area (TPSA) is 68.0 Å². The van der Waals surface area contributed by atoms with E-state index in [4.69, 9.17) is 4.52 Å². The number of para-hydroxylation sites is 1. The normalized spacial score (nSPS) is 10.8. The fourth-order valence-electron chi connectivity index (χ4n) is 2.82. The molecule has 0 aliphatic carbocycles. The molecule has 25 heavy (non-hydrogen) atoms. The molecule has 1 N–H and O–H groups in total. The molecule has 0 atom stereocenters. The van der Waals surface area contributed by atoms with Gasteiger partial charge in [0.25, 0.3) is 5.91 Å². The second kappa shape index (κ2) is 6.20. The first-order valence-corrected chi connectivity index (χ1v) is 7.91. The van der Waals surface area contributed by atoms with E-state index in [9.17, 15) is 4.79 Å². The number of pyridine rings is 1. The Labute approximate surface area is 144 Å². The van der Waals surface area contributed by atoms with Gasteiger partial charge in [-0.25, -0.2) is 0 Å².